The molecule has 3 N–H and O–H groups in total. The van der Waals surface area contributed by atoms with Gasteiger partial charge in [0.05, 0.1) is 5.69 Å². The molecule has 0 aromatic heterocycles. The van der Waals surface area contributed by atoms with Crippen LogP contribution in [0.3, 0.4) is 0 Å². The fourth-order valence-electron chi connectivity index (χ4n) is 1.80. The first-order valence-electron chi connectivity index (χ1n) is 6.83. The first kappa shape index (κ1) is 16.8. The molecular formula is C16H15FN2O3S. The van der Waals surface area contributed by atoms with Crippen molar-refractivity contribution < 1.29 is 19.1 Å². The van der Waals surface area contributed by atoms with Gasteiger partial charge in [-0.3, -0.25) is 9.59 Å². The second-order valence-corrected chi connectivity index (χ2v) is 5.24. The van der Waals surface area contributed by atoms with Gasteiger partial charge in [-0.2, -0.15) is 0 Å². The molecule has 0 bridgehead atoms. The Balaban J connectivity index is 2.20. The Labute approximate surface area is 137 Å². The summed E-state index contributed by atoms with van der Waals surface area (Å²) in [5.41, 5.74) is 0.628. The average molecular weight is 334 g/mol. The van der Waals surface area contributed by atoms with Gasteiger partial charge >= 0.3 is 0 Å². The summed E-state index contributed by atoms with van der Waals surface area (Å²) in [6.07, 6.45) is 0.241. The lowest BCUT2D eigenvalue weighted by Gasteiger charge is -2.10. The largest absolute Gasteiger partial charge is 0.506 e. The summed E-state index contributed by atoms with van der Waals surface area (Å²) in [5.74, 6) is -1.48. The van der Waals surface area contributed by atoms with Crippen molar-refractivity contribution in [1.29, 1.82) is 0 Å². The molecule has 2 rings (SSSR count). The third-order valence-electron chi connectivity index (χ3n) is 3.06. The van der Waals surface area contributed by atoms with E-state index in [4.69, 9.17) is 0 Å². The molecule has 2 aromatic carbocycles. The molecule has 0 aliphatic heterocycles. The lowest BCUT2D eigenvalue weighted by molar-refractivity contribution is -0.115. The SMILES string of the molecule is CCC(=O)Nc1cc(C(=O)Nc2ccc(S)c(F)c2)ccc1O. The van der Waals surface area contributed by atoms with Crippen molar-refractivity contribution in [2.75, 3.05) is 10.6 Å². The first-order valence-corrected chi connectivity index (χ1v) is 7.28. The third-order valence-corrected chi connectivity index (χ3v) is 3.42. The van der Waals surface area contributed by atoms with Crippen molar-refractivity contribution in [2.24, 2.45) is 0 Å². The van der Waals surface area contributed by atoms with E-state index in [2.05, 4.69) is 23.3 Å². The molecular weight excluding hydrogens is 319 g/mol. The summed E-state index contributed by atoms with van der Waals surface area (Å²) in [5, 5.41) is 14.7. The van der Waals surface area contributed by atoms with Gasteiger partial charge < -0.3 is 15.7 Å². The van der Waals surface area contributed by atoms with Crippen LogP contribution in [0.2, 0.25) is 0 Å². The van der Waals surface area contributed by atoms with E-state index in [1.165, 1.54) is 30.3 Å². The highest BCUT2D eigenvalue weighted by Gasteiger charge is 2.12. The van der Waals surface area contributed by atoms with Crippen molar-refractivity contribution in [3.8, 4) is 5.75 Å². The molecule has 0 saturated heterocycles. The lowest BCUT2D eigenvalue weighted by Crippen LogP contribution is -2.14. The van der Waals surface area contributed by atoms with Crippen LogP contribution in [0.25, 0.3) is 0 Å². The molecule has 2 aromatic rings. The third kappa shape index (κ3) is 4.23. The van der Waals surface area contributed by atoms with Crippen molar-refractivity contribution in [3.05, 3.63) is 47.8 Å². The smallest absolute Gasteiger partial charge is 0.255 e. The van der Waals surface area contributed by atoms with Crippen molar-refractivity contribution in [3.63, 3.8) is 0 Å². The van der Waals surface area contributed by atoms with E-state index in [1.807, 2.05) is 0 Å². The fourth-order valence-corrected chi connectivity index (χ4v) is 1.94. The number of halogens is 1. The van der Waals surface area contributed by atoms with E-state index in [-0.39, 0.29) is 39.9 Å². The number of phenols is 1. The second kappa shape index (κ2) is 7.15. The Morgan fingerprint density at radius 3 is 2.57 bits per heavy atom. The first-order chi connectivity index (χ1) is 10.9. The minimum Gasteiger partial charge on any atom is -0.506 e. The number of hydrogen-bond donors (Lipinski definition) is 4. The topological polar surface area (TPSA) is 78.4 Å². The van der Waals surface area contributed by atoms with Crippen LogP contribution < -0.4 is 10.6 Å². The number of phenolic OH excluding ortho intramolecular Hbond substituents is 1. The van der Waals surface area contributed by atoms with Gasteiger partial charge in [-0.1, -0.05) is 6.92 Å². The zero-order valence-corrected chi connectivity index (χ0v) is 13.2. The van der Waals surface area contributed by atoms with Crippen LogP contribution in [0.15, 0.2) is 41.3 Å². The number of carbonyl (C=O) groups is 2. The molecule has 0 spiro atoms. The van der Waals surface area contributed by atoms with E-state index >= 15 is 0 Å². The molecule has 0 aliphatic rings. The van der Waals surface area contributed by atoms with Gasteiger partial charge in [0.25, 0.3) is 5.91 Å². The monoisotopic (exact) mass is 334 g/mol. The zero-order valence-electron chi connectivity index (χ0n) is 12.3. The molecule has 5 nitrogen and oxygen atoms in total. The number of amides is 2. The Kier molecular flexibility index (Phi) is 5.23. The zero-order chi connectivity index (χ0) is 17.0. The van der Waals surface area contributed by atoms with Crippen LogP contribution in [0, 0.1) is 5.82 Å². The number of hydrogen-bond acceptors (Lipinski definition) is 4. The maximum Gasteiger partial charge on any atom is 0.255 e. The van der Waals surface area contributed by atoms with Crippen LogP contribution in [0.1, 0.15) is 23.7 Å². The van der Waals surface area contributed by atoms with E-state index < -0.39 is 11.7 Å². The fraction of sp³-hybridized carbons (Fsp3) is 0.125. The Hall–Kier alpha value is -2.54. The predicted octanol–water partition coefficient (Wildman–Crippen LogP) is 3.42. The molecule has 0 fully saturated rings. The minimum atomic E-state index is -0.548. The van der Waals surface area contributed by atoms with E-state index in [0.29, 0.717) is 0 Å². The number of thiol groups is 1. The van der Waals surface area contributed by atoms with Gasteiger partial charge in [0.15, 0.2) is 0 Å². The summed E-state index contributed by atoms with van der Waals surface area (Å²) < 4.78 is 13.4. The van der Waals surface area contributed by atoms with Crippen LogP contribution >= 0.6 is 12.6 Å². The normalized spacial score (nSPS) is 10.2. The minimum absolute atomic E-state index is 0.140. The van der Waals surface area contributed by atoms with Gasteiger partial charge in [-0.05, 0) is 36.4 Å². The molecule has 0 heterocycles. The molecule has 0 saturated carbocycles. The predicted molar refractivity (Wildman–Crippen MR) is 88.6 cm³/mol. The molecule has 0 radical (unpaired) electrons. The molecule has 23 heavy (non-hydrogen) atoms. The summed E-state index contributed by atoms with van der Waals surface area (Å²) in [6, 6.07) is 8.15. The summed E-state index contributed by atoms with van der Waals surface area (Å²) >= 11 is 3.92. The van der Waals surface area contributed by atoms with Gasteiger partial charge in [-0.15, -0.1) is 12.6 Å². The van der Waals surface area contributed by atoms with Crippen molar-refractivity contribution in [2.45, 2.75) is 18.2 Å². The molecule has 7 heteroatoms. The highest BCUT2D eigenvalue weighted by Crippen LogP contribution is 2.25. The van der Waals surface area contributed by atoms with Gasteiger partial charge in [0, 0.05) is 22.6 Å². The van der Waals surface area contributed by atoms with Crippen LogP contribution in [-0.4, -0.2) is 16.9 Å². The Morgan fingerprint density at radius 1 is 1.17 bits per heavy atom. The maximum absolute atomic E-state index is 13.4. The Bertz CT molecular complexity index is 765. The van der Waals surface area contributed by atoms with Gasteiger partial charge in [-0.25, -0.2) is 4.39 Å². The van der Waals surface area contributed by atoms with Crippen LogP contribution in [0.4, 0.5) is 15.8 Å². The highest BCUT2D eigenvalue weighted by atomic mass is 32.1. The van der Waals surface area contributed by atoms with Crippen molar-refractivity contribution in [1.82, 2.24) is 0 Å². The van der Waals surface area contributed by atoms with Crippen LogP contribution in [-0.2, 0) is 4.79 Å². The standard InChI is InChI=1S/C16H15FN2O3S/c1-2-15(21)19-12-7-9(3-5-13(12)20)16(22)18-10-4-6-14(23)11(17)8-10/h3-8,20,23H,2H2,1H3,(H,18,22)(H,19,21). The molecule has 120 valence electrons. The number of aromatic hydroxyl groups is 1. The average Bonchev–Trinajstić information content (AvgIpc) is 2.52. The molecule has 2 amide bonds. The summed E-state index contributed by atoms with van der Waals surface area (Å²) in [4.78, 5) is 23.8. The van der Waals surface area contributed by atoms with Gasteiger partial charge in [0.2, 0.25) is 5.91 Å². The van der Waals surface area contributed by atoms with E-state index in [9.17, 15) is 19.1 Å². The number of carbonyl (C=O) groups excluding carboxylic acids is 2. The summed E-state index contributed by atoms with van der Waals surface area (Å²) in [6.45, 7) is 1.67. The molecule has 0 atom stereocenters. The number of rotatable bonds is 4. The maximum atomic E-state index is 13.4. The van der Waals surface area contributed by atoms with Crippen molar-refractivity contribution >= 4 is 35.8 Å². The quantitative estimate of drug-likeness (QED) is 0.511. The molecule has 0 aliphatic carbocycles. The van der Waals surface area contributed by atoms with E-state index in [0.717, 1.165) is 6.07 Å². The second-order valence-electron chi connectivity index (χ2n) is 4.75. The lowest BCUT2D eigenvalue weighted by atomic mass is 10.1. The number of nitrogens with one attached hydrogen (secondary N) is 2. The van der Waals surface area contributed by atoms with E-state index in [1.54, 1.807) is 6.92 Å². The highest BCUT2D eigenvalue weighted by molar-refractivity contribution is 7.80. The van der Waals surface area contributed by atoms with Crippen LogP contribution in [0.5, 0.6) is 5.75 Å². The Morgan fingerprint density at radius 2 is 1.91 bits per heavy atom. The number of benzene rings is 2. The molecule has 0 unspecified atom stereocenters. The number of anilines is 2. The summed E-state index contributed by atoms with van der Waals surface area (Å²) in [7, 11) is 0. The van der Waals surface area contributed by atoms with Gasteiger partial charge in [0.1, 0.15) is 11.6 Å².